The quantitative estimate of drug-likeness (QED) is 0.217. The fourth-order valence-corrected chi connectivity index (χ4v) is 6.28. The lowest BCUT2D eigenvalue weighted by molar-refractivity contribution is 1.04. The smallest absolute Gasteiger partial charge is 0.00260 e. The molecule has 7 aromatic carbocycles. The minimum absolute atomic E-state index is 1.04. The molecule has 0 atom stereocenters. The highest BCUT2D eigenvalue weighted by Gasteiger charge is 2.18. The van der Waals surface area contributed by atoms with Gasteiger partial charge in [-0.1, -0.05) is 123 Å². The third-order valence-electron chi connectivity index (χ3n) is 8.18. The summed E-state index contributed by atoms with van der Waals surface area (Å²) in [6, 6.07) is 45.2. The summed E-state index contributed by atoms with van der Waals surface area (Å²) in [5.41, 5.74) is 8.12. The number of aryl methyl sites for hydroxylation is 2. The van der Waals surface area contributed by atoms with Crippen molar-refractivity contribution in [2.45, 2.75) is 26.7 Å². The Kier molecular flexibility index (Phi) is 5.48. The third-order valence-corrected chi connectivity index (χ3v) is 8.18. The van der Waals surface area contributed by atoms with E-state index < -0.39 is 0 Å². The molecule has 0 aliphatic carbocycles. The Morgan fingerprint density at radius 1 is 0.368 bits per heavy atom. The second-order valence-electron chi connectivity index (χ2n) is 10.3. The number of rotatable bonds is 4. The largest absolute Gasteiger partial charge is 0.0616 e. The van der Waals surface area contributed by atoms with Gasteiger partial charge in [0.05, 0.1) is 0 Å². The molecule has 0 heterocycles. The van der Waals surface area contributed by atoms with Gasteiger partial charge in [-0.25, -0.2) is 0 Å². The van der Waals surface area contributed by atoms with Crippen molar-refractivity contribution in [2.24, 2.45) is 0 Å². The molecule has 38 heavy (non-hydrogen) atoms. The van der Waals surface area contributed by atoms with Crippen LogP contribution in [-0.2, 0) is 12.8 Å². The fourth-order valence-electron chi connectivity index (χ4n) is 6.28. The predicted molar refractivity (Wildman–Crippen MR) is 166 cm³/mol. The standard InChI is InChI=1S/C38H30/c1-3-25-23-35-36(24-26(25)4-2)38(32-20-18-28-12-6-8-14-30(28)22-32)34-16-10-9-15-33(34)37(35)31-19-17-27-11-5-7-13-29(27)21-31/h5-24H,3-4H2,1-2H3. The van der Waals surface area contributed by atoms with Gasteiger partial charge in [0.1, 0.15) is 0 Å². The van der Waals surface area contributed by atoms with E-state index in [-0.39, 0.29) is 0 Å². The van der Waals surface area contributed by atoms with Crippen LogP contribution in [0.5, 0.6) is 0 Å². The zero-order valence-corrected chi connectivity index (χ0v) is 22.0. The summed E-state index contributed by atoms with van der Waals surface area (Å²) in [5.74, 6) is 0. The van der Waals surface area contributed by atoms with Crippen LogP contribution in [0.1, 0.15) is 25.0 Å². The van der Waals surface area contributed by atoms with Gasteiger partial charge >= 0.3 is 0 Å². The lowest BCUT2D eigenvalue weighted by atomic mass is 9.83. The molecular formula is C38H30. The molecule has 0 unspecified atom stereocenters. The normalized spacial score (nSPS) is 11.6. The van der Waals surface area contributed by atoms with Gasteiger partial charge in [-0.15, -0.1) is 0 Å². The van der Waals surface area contributed by atoms with Gasteiger partial charge in [-0.2, -0.15) is 0 Å². The van der Waals surface area contributed by atoms with E-state index in [4.69, 9.17) is 0 Å². The Balaban J connectivity index is 1.65. The second kappa shape index (κ2) is 9.15. The molecule has 0 bridgehead atoms. The van der Waals surface area contributed by atoms with E-state index in [9.17, 15) is 0 Å². The van der Waals surface area contributed by atoms with Crippen LogP contribution >= 0.6 is 0 Å². The summed E-state index contributed by atoms with van der Waals surface area (Å²) >= 11 is 0. The summed E-state index contributed by atoms with van der Waals surface area (Å²) in [6.45, 7) is 4.56. The molecule has 0 nitrogen and oxygen atoms in total. The first-order chi connectivity index (χ1) is 18.7. The highest BCUT2D eigenvalue weighted by atomic mass is 14.2. The molecule has 0 amide bonds. The maximum Gasteiger partial charge on any atom is -0.00260 e. The van der Waals surface area contributed by atoms with Crippen molar-refractivity contribution in [3.05, 3.63) is 132 Å². The van der Waals surface area contributed by atoms with Crippen molar-refractivity contribution in [2.75, 3.05) is 0 Å². The van der Waals surface area contributed by atoms with Crippen molar-refractivity contribution in [1.82, 2.24) is 0 Å². The van der Waals surface area contributed by atoms with Crippen LogP contribution in [-0.4, -0.2) is 0 Å². The van der Waals surface area contributed by atoms with Gasteiger partial charge in [0.15, 0.2) is 0 Å². The highest BCUT2D eigenvalue weighted by Crippen LogP contribution is 2.45. The lowest BCUT2D eigenvalue weighted by Gasteiger charge is -2.20. The van der Waals surface area contributed by atoms with E-state index in [1.165, 1.54) is 76.5 Å². The average molecular weight is 487 g/mol. The molecule has 0 saturated heterocycles. The zero-order chi connectivity index (χ0) is 25.6. The first kappa shape index (κ1) is 22.8. The summed E-state index contributed by atoms with van der Waals surface area (Å²) in [7, 11) is 0. The highest BCUT2D eigenvalue weighted by molar-refractivity contribution is 6.22. The molecule has 0 fully saturated rings. The van der Waals surface area contributed by atoms with Crippen molar-refractivity contribution in [3.8, 4) is 22.3 Å². The first-order valence-corrected chi connectivity index (χ1v) is 13.7. The van der Waals surface area contributed by atoms with E-state index in [1.807, 2.05) is 0 Å². The van der Waals surface area contributed by atoms with E-state index in [0.717, 1.165) is 12.8 Å². The van der Waals surface area contributed by atoms with Crippen LogP contribution in [0.2, 0.25) is 0 Å². The first-order valence-electron chi connectivity index (χ1n) is 13.7. The molecule has 0 spiro atoms. The fraction of sp³-hybridized carbons (Fsp3) is 0.105. The number of fused-ring (bicyclic) bond motifs is 4. The Morgan fingerprint density at radius 3 is 1.18 bits per heavy atom. The topological polar surface area (TPSA) is 0 Å². The lowest BCUT2D eigenvalue weighted by Crippen LogP contribution is -1.96. The molecule has 0 radical (unpaired) electrons. The minimum atomic E-state index is 1.04. The SMILES string of the molecule is CCc1cc2c(-c3ccc4ccccc4c3)c3ccccc3c(-c3ccc4ccccc4c3)c2cc1CC. The minimum Gasteiger partial charge on any atom is -0.0616 e. The van der Waals surface area contributed by atoms with E-state index in [0.29, 0.717) is 0 Å². The Bertz CT molecular complexity index is 1850. The van der Waals surface area contributed by atoms with Gasteiger partial charge in [0.2, 0.25) is 0 Å². The summed E-state index contributed by atoms with van der Waals surface area (Å²) in [6.07, 6.45) is 2.07. The molecule has 0 aliphatic heterocycles. The Morgan fingerprint density at radius 2 is 0.763 bits per heavy atom. The van der Waals surface area contributed by atoms with Gasteiger partial charge in [0.25, 0.3) is 0 Å². The van der Waals surface area contributed by atoms with Crippen LogP contribution < -0.4 is 0 Å². The van der Waals surface area contributed by atoms with Gasteiger partial charge in [-0.3, -0.25) is 0 Å². The summed E-state index contributed by atoms with van der Waals surface area (Å²) < 4.78 is 0. The molecule has 7 rings (SSSR count). The van der Waals surface area contributed by atoms with Crippen LogP contribution in [0.25, 0.3) is 65.3 Å². The predicted octanol–water partition coefficient (Wildman–Crippen LogP) is 10.8. The van der Waals surface area contributed by atoms with Crippen LogP contribution in [0.15, 0.2) is 121 Å². The number of hydrogen-bond acceptors (Lipinski definition) is 0. The van der Waals surface area contributed by atoms with Gasteiger partial charge in [0, 0.05) is 0 Å². The maximum absolute atomic E-state index is 2.48. The molecule has 0 heteroatoms. The molecular weight excluding hydrogens is 456 g/mol. The second-order valence-corrected chi connectivity index (χ2v) is 10.3. The molecule has 182 valence electrons. The summed E-state index contributed by atoms with van der Waals surface area (Å²) in [4.78, 5) is 0. The van der Waals surface area contributed by atoms with Crippen molar-refractivity contribution < 1.29 is 0 Å². The van der Waals surface area contributed by atoms with Crippen LogP contribution in [0.4, 0.5) is 0 Å². The van der Waals surface area contributed by atoms with Crippen molar-refractivity contribution in [1.29, 1.82) is 0 Å². The maximum atomic E-state index is 2.48. The summed E-state index contributed by atoms with van der Waals surface area (Å²) in [5, 5.41) is 10.4. The average Bonchev–Trinajstić information content (AvgIpc) is 2.98. The Hall–Kier alpha value is -4.42. The molecule has 0 N–H and O–H groups in total. The zero-order valence-electron chi connectivity index (χ0n) is 22.0. The molecule has 7 aromatic rings. The van der Waals surface area contributed by atoms with Gasteiger partial charge < -0.3 is 0 Å². The molecule has 0 aromatic heterocycles. The van der Waals surface area contributed by atoms with E-state index >= 15 is 0 Å². The van der Waals surface area contributed by atoms with Crippen LogP contribution in [0, 0.1) is 0 Å². The van der Waals surface area contributed by atoms with Crippen molar-refractivity contribution >= 4 is 43.1 Å². The number of benzene rings is 7. The monoisotopic (exact) mass is 486 g/mol. The third kappa shape index (κ3) is 3.60. The van der Waals surface area contributed by atoms with Crippen molar-refractivity contribution in [3.63, 3.8) is 0 Å². The molecule has 0 saturated carbocycles. The molecule has 0 aliphatic rings. The Labute approximate surface area is 224 Å². The van der Waals surface area contributed by atoms with Gasteiger partial charge in [-0.05, 0) is 101 Å². The van der Waals surface area contributed by atoms with E-state index in [2.05, 4.69) is 135 Å². The van der Waals surface area contributed by atoms with E-state index in [1.54, 1.807) is 0 Å². The van der Waals surface area contributed by atoms with Crippen LogP contribution in [0.3, 0.4) is 0 Å². The number of hydrogen-bond donors (Lipinski definition) is 0.